The molecule has 45 heavy (non-hydrogen) atoms. The number of sulfonamides is 1. The average molecular weight is 669 g/mol. The first-order valence-corrected chi connectivity index (χ1v) is 17.0. The minimum atomic E-state index is -3.78. The molecule has 0 fully saturated rings. The van der Waals surface area contributed by atoms with Gasteiger partial charge in [0.2, 0.25) is 21.1 Å². The van der Waals surface area contributed by atoms with Crippen LogP contribution in [0.5, 0.6) is 5.75 Å². The van der Waals surface area contributed by atoms with Crippen LogP contribution < -0.4 is 24.5 Å². The van der Waals surface area contributed by atoms with Gasteiger partial charge in [0.1, 0.15) is 19.8 Å². The first-order chi connectivity index (χ1) is 21.5. The lowest BCUT2D eigenvalue weighted by Gasteiger charge is -2.23. The molecular weight excluding hydrogens is 629 g/mol. The summed E-state index contributed by atoms with van der Waals surface area (Å²) in [6, 6.07) is 22.3. The van der Waals surface area contributed by atoms with E-state index in [1.165, 1.54) is 0 Å². The Bertz CT molecular complexity index is 1970. The Balaban J connectivity index is 1.35. The minimum Gasteiger partial charge on any atom is -0.497 e. The van der Waals surface area contributed by atoms with Crippen molar-refractivity contribution in [3.05, 3.63) is 94.2 Å². The summed E-state index contributed by atoms with van der Waals surface area (Å²) in [6.45, 7) is 5.69. The molecule has 5 aromatic rings. The van der Waals surface area contributed by atoms with Gasteiger partial charge in [-0.25, -0.2) is 8.42 Å². The van der Waals surface area contributed by atoms with Crippen molar-refractivity contribution in [3.63, 3.8) is 0 Å². The Morgan fingerprint density at radius 2 is 1.24 bits per heavy atom. The Labute approximate surface area is 275 Å². The predicted octanol–water partition coefficient (Wildman–Crippen LogP) is 6.18. The van der Waals surface area contributed by atoms with Crippen LogP contribution in [0.1, 0.15) is 17.8 Å². The quantitative estimate of drug-likeness (QED) is 0.123. The van der Waals surface area contributed by atoms with Crippen LogP contribution in [0.2, 0.25) is 10.0 Å². The molecule has 2 N–H and O–H groups in total. The molecular formula is C34H39Cl2N5O3S+2. The molecule has 5 rings (SSSR count). The van der Waals surface area contributed by atoms with Crippen LogP contribution in [0.25, 0.3) is 21.8 Å². The highest BCUT2D eigenvalue weighted by atomic mass is 35.5. The summed E-state index contributed by atoms with van der Waals surface area (Å²) < 4.78 is 38.8. The standard InChI is InChI=1S/C34H37Cl2N5O3S/c1-23-19-31(29-21-25(35)7-13-33(29)39(23)3)37-15-6-17-41(45(42,43)28-11-9-27(44-5)10-12-28)18-16-38-32-20-24(2)40(4)34-14-8-26(36)22-30(32)34/h7-14,19-22H,6,15-18H2,1-5H3/p+2. The first-order valence-electron chi connectivity index (χ1n) is 14.8. The van der Waals surface area contributed by atoms with Gasteiger partial charge in [-0.05, 0) is 55.0 Å². The molecule has 0 spiro atoms. The number of rotatable bonds is 12. The van der Waals surface area contributed by atoms with Crippen LogP contribution in [0, 0.1) is 13.8 Å². The summed E-state index contributed by atoms with van der Waals surface area (Å²) in [5, 5.41) is 10.3. The second kappa shape index (κ2) is 13.8. The van der Waals surface area contributed by atoms with E-state index in [1.54, 1.807) is 35.7 Å². The zero-order chi connectivity index (χ0) is 32.3. The number of nitrogens with one attached hydrogen (secondary N) is 2. The Morgan fingerprint density at radius 3 is 1.76 bits per heavy atom. The molecule has 0 saturated carbocycles. The fourth-order valence-corrected chi connectivity index (χ4v) is 7.34. The number of methoxy groups -OCH3 is 1. The maximum absolute atomic E-state index is 13.9. The molecule has 0 amide bonds. The first kappa shape index (κ1) is 32.8. The predicted molar refractivity (Wildman–Crippen MR) is 183 cm³/mol. The van der Waals surface area contributed by atoms with Gasteiger partial charge in [0.15, 0.2) is 11.4 Å². The smallest absolute Gasteiger partial charge is 0.243 e. The number of aromatic nitrogens is 2. The van der Waals surface area contributed by atoms with Crippen molar-refractivity contribution in [3.8, 4) is 5.75 Å². The van der Waals surface area contributed by atoms with Gasteiger partial charge in [0, 0.05) is 74.3 Å². The molecule has 0 atom stereocenters. The number of fused-ring (bicyclic) bond motifs is 2. The van der Waals surface area contributed by atoms with Crippen LogP contribution in [0.3, 0.4) is 0 Å². The third kappa shape index (κ3) is 7.12. The van der Waals surface area contributed by atoms with E-state index in [2.05, 4.69) is 38.8 Å². The number of benzene rings is 3. The minimum absolute atomic E-state index is 0.225. The fourth-order valence-electron chi connectivity index (χ4n) is 5.52. The van der Waals surface area contributed by atoms with E-state index in [0.29, 0.717) is 41.8 Å². The highest BCUT2D eigenvalue weighted by Gasteiger charge is 2.25. The SMILES string of the molecule is COc1ccc(S(=O)(=O)N(CCCNc2cc(C)[n+](C)c3ccc(Cl)cc23)CCNc2cc(C)[n+](C)c3ccc(Cl)cc23)cc1. The molecule has 0 bridgehead atoms. The number of pyridine rings is 2. The Morgan fingerprint density at radius 1 is 0.733 bits per heavy atom. The lowest BCUT2D eigenvalue weighted by Crippen LogP contribution is -2.37. The summed E-state index contributed by atoms with van der Waals surface area (Å²) in [5.41, 5.74) is 6.14. The third-order valence-corrected chi connectivity index (χ3v) is 10.6. The molecule has 2 heterocycles. The molecule has 0 unspecified atom stereocenters. The molecule has 2 aromatic heterocycles. The number of hydrogen-bond donors (Lipinski definition) is 2. The lowest BCUT2D eigenvalue weighted by molar-refractivity contribution is -0.651. The van der Waals surface area contributed by atoms with Gasteiger partial charge in [-0.2, -0.15) is 13.4 Å². The number of nitrogens with zero attached hydrogens (tertiary/aromatic N) is 3. The molecule has 8 nitrogen and oxygen atoms in total. The molecule has 0 aliphatic carbocycles. The fraction of sp³-hybridized carbons (Fsp3) is 0.294. The molecule has 0 aliphatic heterocycles. The van der Waals surface area contributed by atoms with E-state index in [-0.39, 0.29) is 11.4 Å². The monoisotopic (exact) mass is 667 g/mol. The normalized spacial score (nSPS) is 11.8. The summed E-state index contributed by atoms with van der Waals surface area (Å²) in [4.78, 5) is 0.225. The molecule has 3 aromatic carbocycles. The number of hydrogen-bond acceptors (Lipinski definition) is 5. The van der Waals surface area contributed by atoms with Gasteiger partial charge in [-0.3, -0.25) is 0 Å². The van der Waals surface area contributed by atoms with Crippen LogP contribution in [0.4, 0.5) is 11.4 Å². The topological polar surface area (TPSA) is 78.4 Å². The Hall–Kier alpha value is -3.63. The van der Waals surface area contributed by atoms with E-state index in [0.717, 1.165) is 44.6 Å². The van der Waals surface area contributed by atoms with Crippen LogP contribution in [0.15, 0.2) is 77.7 Å². The lowest BCUT2D eigenvalue weighted by atomic mass is 10.1. The van der Waals surface area contributed by atoms with Gasteiger partial charge in [0.25, 0.3) is 0 Å². The summed E-state index contributed by atoms with van der Waals surface area (Å²) in [5.74, 6) is 0.600. The van der Waals surface area contributed by atoms with E-state index >= 15 is 0 Å². The van der Waals surface area contributed by atoms with Gasteiger partial charge in [-0.15, -0.1) is 0 Å². The summed E-state index contributed by atoms with van der Waals surface area (Å²) in [6.07, 6.45) is 0.594. The van der Waals surface area contributed by atoms with E-state index in [9.17, 15) is 8.42 Å². The van der Waals surface area contributed by atoms with Crippen LogP contribution >= 0.6 is 23.2 Å². The maximum atomic E-state index is 13.9. The van der Waals surface area contributed by atoms with Gasteiger partial charge >= 0.3 is 0 Å². The van der Waals surface area contributed by atoms with Gasteiger partial charge in [-0.1, -0.05) is 23.2 Å². The highest BCUT2D eigenvalue weighted by Crippen LogP contribution is 2.27. The zero-order valence-corrected chi connectivity index (χ0v) is 28.5. The molecule has 0 saturated heterocycles. The van der Waals surface area contributed by atoms with Crippen molar-refractivity contribution in [1.82, 2.24) is 4.31 Å². The second-order valence-electron chi connectivity index (χ2n) is 11.1. The number of halogens is 2. The number of aryl methyl sites for hydroxylation is 4. The van der Waals surface area contributed by atoms with Gasteiger partial charge in [0.05, 0.1) is 34.2 Å². The third-order valence-electron chi connectivity index (χ3n) is 8.26. The average Bonchev–Trinajstić information content (AvgIpc) is 3.02. The largest absolute Gasteiger partial charge is 0.497 e. The zero-order valence-electron chi connectivity index (χ0n) is 26.2. The number of anilines is 2. The van der Waals surface area contributed by atoms with E-state index < -0.39 is 10.0 Å². The Kier molecular flexibility index (Phi) is 10.0. The van der Waals surface area contributed by atoms with Crippen LogP contribution in [-0.4, -0.2) is 46.0 Å². The second-order valence-corrected chi connectivity index (χ2v) is 13.9. The van der Waals surface area contributed by atoms with Crippen molar-refractivity contribution < 1.29 is 22.3 Å². The number of ether oxygens (including phenoxy) is 1. The van der Waals surface area contributed by atoms with Crippen molar-refractivity contribution in [2.75, 3.05) is 43.9 Å². The van der Waals surface area contributed by atoms with Crippen molar-refractivity contribution in [1.29, 1.82) is 0 Å². The van der Waals surface area contributed by atoms with Gasteiger partial charge < -0.3 is 15.4 Å². The van der Waals surface area contributed by atoms with E-state index in [4.69, 9.17) is 27.9 Å². The molecule has 236 valence electrons. The molecule has 11 heteroatoms. The highest BCUT2D eigenvalue weighted by molar-refractivity contribution is 7.89. The van der Waals surface area contributed by atoms with Crippen molar-refractivity contribution in [2.24, 2.45) is 14.1 Å². The summed E-state index contributed by atoms with van der Waals surface area (Å²) >= 11 is 12.7. The van der Waals surface area contributed by atoms with Crippen molar-refractivity contribution >= 4 is 66.4 Å². The summed E-state index contributed by atoms with van der Waals surface area (Å²) in [7, 11) is 1.82. The van der Waals surface area contributed by atoms with Crippen LogP contribution in [-0.2, 0) is 24.1 Å². The molecule has 0 radical (unpaired) electrons. The van der Waals surface area contributed by atoms with E-state index in [1.807, 2.05) is 57.4 Å². The maximum Gasteiger partial charge on any atom is 0.243 e. The van der Waals surface area contributed by atoms with Crippen molar-refractivity contribution in [2.45, 2.75) is 25.2 Å². The molecule has 0 aliphatic rings.